The molecule has 3 heterocycles. The van der Waals surface area contributed by atoms with Crippen LogP contribution in [0.2, 0.25) is 0 Å². The Morgan fingerprint density at radius 1 is 1.28 bits per heavy atom. The molecule has 1 aliphatic carbocycles. The first-order valence-corrected chi connectivity index (χ1v) is 8.78. The highest BCUT2D eigenvalue weighted by molar-refractivity contribution is 5.90. The van der Waals surface area contributed by atoms with E-state index in [9.17, 15) is 4.79 Å². The van der Waals surface area contributed by atoms with E-state index in [2.05, 4.69) is 9.55 Å². The SMILES string of the molecule is COC1CCN(C(=O)OC(C)(C)C)c2nc3c(cc21)ncn3C1CC1. The standard InChI is InChI=1S/C18H24N4O3/c1-18(2,3)25-17(23)21-8-7-14(24-4)12-9-13-16(20-15(12)21)22(10-19-13)11-5-6-11/h9-11,14H,5-8H2,1-4H3. The molecule has 1 atom stereocenters. The minimum atomic E-state index is -0.546. The second-order valence-corrected chi connectivity index (χ2v) is 7.77. The van der Waals surface area contributed by atoms with Crippen molar-refractivity contribution in [3.63, 3.8) is 0 Å². The molecule has 1 amide bonds. The number of carbonyl (C=O) groups excluding carboxylic acids is 1. The van der Waals surface area contributed by atoms with E-state index in [1.165, 1.54) is 0 Å². The minimum Gasteiger partial charge on any atom is -0.443 e. The summed E-state index contributed by atoms with van der Waals surface area (Å²) in [6.07, 6.45) is 4.41. The maximum Gasteiger partial charge on any atom is 0.416 e. The van der Waals surface area contributed by atoms with Gasteiger partial charge in [0.1, 0.15) is 16.9 Å². The number of anilines is 1. The largest absolute Gasteiger partial charge is 0.443 e. The van der Waals surface area contributed by atoms with Crippen molar-refractivity contribution < 1.29 is 14.3 Å². The second-order valence-electron chi connectivity index (χ2n) is 7.77. The maximum absolute atomic E-state index is 12.7. The summed E-state index contributed by atoms with van der Waals surface area (Å²) in [7, 11) is 1.69. The van der Waals surface area contributed by atoms with Crippen molar-refractivity contribution >= 4 is 23.1 Å². The van der Waals surface area contributed by atoms with Crippen LogP contribution in [0, 0.1) is 0 Å². The van der Waals surface area contributed by atoms with Gasteiger partial charge >= 0.3 is 6.09 Å². The summed E-state index contributed by atoms with van der Waals surface area (Å²) in [5.41, 5.74) is 2.02. The number of rotatable bonds is 2. The molecule has 25 heavy (non-hydrogen) atoms. The molecule has 2 aromatic heterocycles. The van der Waals surface area contributed by atoms with E-state index >= 15 is 0 Å². The highest BCUT2D eigenvalue weighted by Gasteiger charge is 2.34. The number of aromatic nitrogens is 3. The monoisotopic (exact) mass is 344 g/mol. The molecule has 0 bridgehead atoms. The zero-order valence-corrected chi connectivity index (χ0v) is 15.2. The fourth-order valence-corrected chi connectivity index (χ4v) is 3.28. The molecule has 1 saturated carbocycles. The van der Waals surface area contributed by atoms with Gasteiger partial charge < -0.3 is 14.0 Å². The van der Waals surface area contributed by atoms with Crippen LogP contribution in [0.1, 0.15) is 57.7 Å². The first-order chi connectivity index (χ1) is 11.9. The smallest absolute Gasteiger partial charge is 0.416 e. The lowest BCUT2D eigenvalue weighted by Crippen LogP contribution is -2.41. The molecule has 7 heteroatoms. The average Bonchev–Trinajstić information content (AvgIpc) is 3.30. The van der Waals surface area contributed by atoms with Crippen molar-refractivity contribution in [1.82, 2.24) is 14.5 Å². The van der Waals surface area contributed by atoms with Crippen LogP contribution >= 0.6 is 0 Å². The molecule has 0 N–H and O–H groups in total. The zero-order chi connectivity index (χ0) is 17.8. The number of amides is 1. The summed E-state index contributed by atoms with van der Waals surface area (Å²) in [6.45, 7) is 6.13. The normalized spacial score (nSPS) is 20.6. The summed E-state index contributed by atoms with van der Waals surface area (Å²) in [5, 5.41) is 0. The van der Waals surface area contributed by atoms with Crippen molar-refractivity contribution in [3.8, 4) is 0 Å². The molecule has 0 radical (unpaired) electrons. The van der Waals surface area contributed by atoms with Gasteiger partial charge in [0.2, 0.25) is 0 Å². The van der Waals surface area contributed by atoms with Crippen LogP contribution in [0.15, 0.2) is 12.4 Å². The number of fused-ring (bicyclic) bond motifs is 2. The highest BCUT2D eigenvalue weighted by atomic mass is 16.6. The van der Waals surface area contributed by atoms with E-state index in [0.717, 1.165) is 29.6 Å². The van der Waals surface area contributed by atoms with Crippen LogP contribution in [0.4, 0.5) is 10.6 Å². The topological polar surface area (TPSA) is 69.5 Å². The summed E-state index contributed by atoms with van der Waals surface area (Å²) in [6, 6.07) is 2.48. The minimum absolute atomic E-state index is 0.0864. The van der Waals surface area contributed by atoms with Crippen LogP contribution in [0.5, 0.6) is 0 Å². The maximum atomic E-state index is 12.7. The Bertz CT molecular complexity index is 820. The molecule has 0 aromatic carbocycles. The van der Waals surface area contributed by atoms with Gasteiger partial charge in [-0.15, -0.1) is 0 Å². The molecule has 2 aromatic rings. The third kappa shape index (κ3) is 2.97. The van der Waals surface area contributed by atoms with Gasteiger partial charge in [0.05, 0.1) is 12.4 Å². The van der Waals surface area contributed by atoms with Crippen LogP contribution in [-0.2, 0) is 9.47 Å². The number of nitrogens with zero attached hydrogens (tertiary/aromatic N) is 4. The molecule has 1 unspecified atom stereocenters. The Morgan fingerprint density at radius 3 is 2.68 bits per heavy atom. The number of imidazole rings is 1. The van der Waals surface area contributed by atoms with Crippen molar-refractivity contribution in [2.75, 3.05) is 18.6 Å². The zero-order valence-electron chi connectivity index (χ0n) is 15.2. The lowest BCUT2D eigenvalue weighted by atomic mass is 10.0. The molecule has 0 saturated heterocycles. The van der Waals surface area contributed by atoms with Gasteiger partial charge in [-0.05, 0) is 46.1 Å². The number of ether oxygens (including phenoxy) is 2. The fourth-order valence-electron chi connectivity index (χ4n) is 3.28. The molecule has 2 aliphatic rings. The molecule has 1 fully saturated rings. The first kappa shape index (κ1) is 16.3. The Kier molecular flexibility index (Phi) is 3.72. The predicted molar refractivity (Wildman–Crippen MR) is 93.7 cm³/mol. The van der Waals surface area contributed by atoms with E-state index in [1.54, 1.807) is 12.0 Å². The van der Waals surface area contributed by atoms with Crippen LogP contribution in [0.3, 0.4) is 0 Å². The van der Waals surface area contributed by atoms with E-state index in [1.807, 2.05) is 33.2 Å². The Balaban J connectivity index is 1.79. The number of hydrogen-bond donors (Lipinski definition) is 0. The third-order valence-electron chi connectivity index (χ3n) is 4.61. The Hall–Kier alpha value is -2.15. The summed E-state index contributed by atoms with van der Waals surface area (Å²) in [5.74, 6) is 0.627. The predicted octanol–water partition coefficient (Wildman–Crippen LogP) is 3.60. The van der Waals surface area contributed by atoms with Gasteiger partial charge in [0, 0.05) is 25.3 Å². The van der Waals surface area contributed by atoms with Gasteiger partial charge in [-0.1, -0.05) is 0 Å². The average molecular weight is 344 g/mol. The molecular weight excluding hydrogens is 320 g/mol. The van der Waals surface area contributed by atoms with Crippen LogP contribution in [0.25, 0.3) is 11.2 Å². The summed E-state index contributed by atoms with van der Waals surface area (Å²) >= 11 is 0. The van der Waals surface area contributed by atoms with Gasteiger partial charge in [0.25, 0.3) is 0 Å². The van der Waals surface area contributed by atoms with Crippen molar-refractivity contribution in [2.45, 2.75) is 57.8 Å². The van der Waals surface area contributed by atoms with E-state index in [4.69, 9.17) is 14.5 Å². The second kappa shape index (κ2) is 5.69. The van der Waals surface area contributed by atoms with Crippen LogP contribution in [-0.4, -0.2) is 39.9 Å². The van der Waals surface area contributed by atoms with E-state index in [0.29, 0.717) is 24.8 Å². The quantitative estimate of drug-likeness (QED) is 0.832. The van der Waals surface area contributed by atoms with E-state index in [-0.39, 0.29) is 12.2 Å². The molecule has 134 valence electrons. The first-order valence-electron chi connectivity index (χ1n) is 8.78. The molecule has 7 nitrogen and oxygen atoms in total. The van der Waals surface area contributed by atoms with Gasteiger partial charge in [-0.2, -0.15) is 0 Å². The Morgan fingerprint density at radius 2 is 2.04 bits per heavy atom. The number of pyridine rings is 1. The molecule has 1 aliphatic heterocycles. The third-order valence-corrected chi connectivity index (χ3v) is 4.61. The fraction of sp³-hybridized carbons (Fsp3) is 0.611. The molecular formula is C18H24N4O3. The lowest BCUT2D eigenvalue weighted by molar-refractivity contribution is 0.0541. The van der Waals surface area contributed by atoms with Gasteiger partial charge in [-0.25, -0.2) is 14.8 Å². The summed E-state index contributed by atoms with van der Waals surface area (Å²) in [4.78, 5) is 23.6. The molecule has 4 rings (SSSR count). The summed E-state index contributed by atoms with van der Waals surface area (Å²) < 4.78 is 13.3. The van der Waals surface area contributed by atoms with Crippen molar-refractivity contribution in [3.05, 3.63) is 18.0 Å². The van der Waals surface area contributed by atoms with Crippen molar-refractivity contribution in [2.24, 2.45) is 0 Å². The van der Waals surface area contributed by atoms with Gasteiger partial charge in [0.15, 0.2) is 5.65 Å². The lowest BCUT2D eigenvalue weighted by Gasteiger charge is -2.33. The van der Waals surface area contributed by atoms with Crippen LogP contribution < -0.4 is 4.90 Å². The molecule has 0 spiro atoms. The Labute approximate surface area is 146 Å². The van der Waals surface area contributed by atoms with E-state index < -0.39 is 5.60 Å². The highest BCUT2D eigenvalue weighted by Crippen LogP contribution is 2.40. The number of carbonyl (C=O) groups is 1. The number of methoxy groups -OCH3 is 1. The number of hydrogen-bond acceptors (Lipinski definition) is 5. The van der Waals surface area contributed by atoms with Crippen molar-refractivity contribution in [1.29, 1.82) is 0 Å². The van der Waals surface area contributed by atoms with Gasteiger partial charge in [-0.3, -0.25) is 4.90 Å².